The van der Waals surface area contributed by atoms with Crippen LogP contribution in [0, 0.1) is 5.92 Å². The summed E-state index contributed by atoms with van der Waals surface area (Å²) in [5, 5.41) is 9.93. The summed E-state index contributed by atoms with van der Waals surface area (Å²) >= 11 is 0. The Hall–Kier alpha value is -1.77. The quantitative estimate of drug-likeness (QED) is 0.804. The van der Waals surface area contributed by atoms with Crippen molar-refractivity contribution >= 4 is 16.9 Å². The fourth-order valence-corrected chi connectivity index (χ4v) is 1.66. The highest BCUT2D eigenvalue weighted by Crippen LogP contribution is 2.17. The Morgan fingerprint density at radius 3 is 2.87 bits per heavy atom. The van der Waals surface area contributed by atoms with E-state index in [1.54, 1.807) is 6.92 Å². The van der Waals surface area contributed by atoms with E-state index < -0.39 is 5.97 Å². The van der Waals surface area contributed by atoms with E-state index >= 15 is 0 Å². The maximum atomic E-state index is 10.7. The van der Waals surface area contributed by atoms with Gasteiger partial charge in [-0.2, -0.15) is 0 Å². The SMILES string of the molecule is CC(Cc1cc2ccccc2[nH]1)C(=O)O. The van der Waals surface area contributed by atoms with Crippen LogP contribution in [0.3, 0.4) is 0 Å². The molecule has 1 aromatic carbocycles. The van der Waals surface area contributed by atoms with E-state index in [-0.39, 0.29) is 5.92 Å². The number of H-pyrrole nitrogens is 1. The maximum Gasteiger partial charge on any atom is 0.306 e. The maximum absolute atomic E-state index is 10.7. The standard InChI is InChI=1S/C12H13NO2/c1-8(12(14)15)6-10-7-9-4-2-3-5-11(9)13-10/h2-5,7-8,13H,6H2,1H3,(H,14,15). The Morgan fingerprint density at radius 2 is 2.20 bits per heavy atom. The van der Waals surface area contributed by atoms with Crippen molar-refractivity contribution in [2.24, 2.45) is 5.92 Å². The molecule has 0 aliphatic rings. The summed E-state index contributed by atoms with van der Waals surface area (Å²) in [4.78, 5) is 13.9. The molecule has 0 radical (unpaired) electrons. The van der Waals surface area contributed by atoms with Gasteiger partial charge in [-0.1, -0.05) is 25.1 Å². The summed E-state index contributed by atoms with van der Waals surface area (Å²) in [6, 6.07) is 9.95. The molecule has 3 nitrogen and oxygen atoms in total. The highest BCUT2D eigenvalue weighted by molar-refractivity contribution is 5.80. The predicted octanol–water partition coefficient (Wildman–Crippen LogP) is 2.43. The molecule has 78 valence electrons. The number of fused-ring (bicyclic) bond motifs is 1. The van der Waals surface area contributed by atoms with Crippen LogP contribution in [0.15, 0.2) is 30.3 Å². The Kier molecular flexibility index (Phi) is 2.46. The zero-order valence-electron chi connectivity index (χ0n) is 8.53. The molecule has 0 saturated heterocycles. The second-order valence-corrected chi connectivity index (χ2v) is 3.83. The minimum atomic E-state index is -0.756. The van der Waals surface area contributed by atoms with E-state index in [4.69, 9.17) is 5.11 Å². The van der Waals surface area contributed by atoms with Crippen molar-refractivity contribution in [1.82, 2.24) is 4.98 Å². The normalized spacial score (nSPS) is 12.9. The number of nitrogens with one attached hydrogen (secondary N) is 1. The number of hydrogen-bond acceptors (Lipinski definition) is 1. The van der Waals surface area contributed by atoms with Crippen LogP contribution in [-0.4, -0.2) is 16.1 Å². The Morgan fingerprint density at radius 1 is 1.47 bits per heavy atom. The highest BCUT2D eigenvalue weighted by Gasteiger charge is 2.12. The van der Waals surface area contributed by atoms with Crippen LogP contribution in [0.4, 0.5) is 0 Å². The number of aromatic amines is 1. The van der Waals surface area contributed by atoms with Crippen molar-refractivity contribution in [1.29, 1.82) is 0 Å². The van der Waals surface area contributed by atoms with Crippen molar-refractivity contribution < 1.29 is 9.90 Å². The van der Waals surface area contributed by atoms with Gasteiger partial charge in [-0.05, 0) is 17.5 Å². The molecule has 0 bridgehead atoms. The zero-order chi connectivity index (χ0) is 10.8. The molecule has 1 atom stereocenters. The van der Waals surface area contributed by atoms with Crippen LogP contribution in [0.5, 0.6) is 0 Å². The predicted molar refractivity (Wildman–Crippen MR) is 58.8 cm³/mol. The number of benzene rings is 1. The van der Waals surface area contributed by atoms with E-state index in [9.17, 15) is 4.79 Å². The smallest absolute Gasteiger partial charge is 0.306 e. The van der Waals surface area contributed by atoms with E-state index in [1.165, 1.54) is 0 Å². The fourth-order valence-electron chi connectivity index (χ4n) is 1.66. The highest BCUT2D eigenvalue weighted by atomic mass is 16.4. The molecule has 1 unspecified atom stereocenters. The van der Waals surface area contributed by atoms with Gasteiger partial charge in [0, 0.05) is 17.6 Å². The largest absolute Gasteiger partial charge is 0.481 e. The van der Waals surface area contributed by atoms with Gasteiger partial charge >= 0.3 is 5.97 Å². The van der Waals surface area contributed by atoms with Crippen molar-refractivity contribution in [3.63, 3.8) is 0 Å². The van der Waals surface area contributed by atoms with Crippen LogP contribution >= 0.6 is 0 Å². The van der Waals surface area contributed by atoms with Crippen LogP contribution in [0.2, 0.25) is 0 Å². The summed E-state index contributed by atoms with van der Waals surface area (Å²) in [5.74, 6) is -1.10. The van der Waals surface area contributed by atoms with Crippen LogP contribution in [0.25, 0.3) is 10.9 Å². The average molecular weight is 203 g/mol. The molecule has 15 heavy (non-hydrogen) atoms. The number of rotatable bonds is 3. The molecule has 1 aromatic heterocycles. The number of carboxylic acids is 1. The zero-order valence-corrected chi connectivity index (χ0v) is 8.53. The third kappa shape index (κ3) is 2.01. The first-order chi connectivity index (χ1) is 7.16. The van der Waals surface area contributed by atoms with E-state index in [2.05, 4.69) is 4.98 Å². The summed E-state index contributed by atoms with van der Waals surface area (Å²) in [6.45, 7) is 1.72. The van der Waals surface area contributed by atoms with Gasteiger partial charge < -0.3 is 10.1 Å². The number of aromatic nitrogens is 1. The molecule has 2 N–H and O–H groups in total. The molecule has 3 heteroatoms. The van der Waals surface area contributed by atoms with Crippen LogP contribution in [0.1, 0.15) is 12.6 Å². The van der Waals surface area contributed by atoms with Gasteiger partial charge in [0.05, 0.1) is 5.92 Å². The fraction of sp³-hybridized carbons (Fsp3) is 0.250. The number of carbonyl (C=O) groups is 1. The van der Waals surface area contributed by atoms with Gasteiger partial charge in [0.2, 0.25) is 0 Å². The van der Waals surface area contributed by atoms with E-state index in [1.807, 2.05) is 30.3 Å². The molecular formula is C12H13NO2. The van der Waals surface area contributed by atoms with Gasteiger partial charge in [0.15, 0.2) is 0 Å². The van der Waals surface area contributed by atoms with E-state index in [0.29, 0.717) is 6.42 Å². The van der Waals surface area contributed by atoms with Gasteiger partial charge in [-0.3, -0.25) is 4.79 Å². The molecule has 0 spiro atoms. The number of para-hydroxylation sites is 1. The minimum Gasteiger partial charge on any atom is -0.481 e. The lowest BCUT2D eigenvalue weighted by molar-refractivity contribution is -0.141. The summed E-state index contributed by atoms with van der Waals surface area (Å²) in [7, 11) is 0. The number of aliphatic carboxylic acids is 1. The molecular weight excluding hydrogens is 190 g/mol. The molecule has 0 aliphatic carbocycles. The lowest BCUT2D eigenvalue weighted by atomic mass is 10.1. The third-order valence-corrected chi connectivity index (χ3v) is 2.53. The number of hydrogen-bond donors (Lipinski definition) is 2. The lowest BCUT2D eigenvalue weighted by Gasteiger charge is -2.02. The topological polar surface area (TPSA) is 53.1 Å². The second kappa shape index (κ2) is 3.77. The first-order valence-corrected chi connectivity index (χ1v) is 4.96. The average Bonchev–Trinajstić information content (AvgIpc) is 2.59. The Bertz CT molecular complexity index is 454. The van der Waals surface area contributed by atoms with Crippen LogP contribution < -0.4 is 0 Å². The van der Waals surface area contributed by atoms with E-state index in [0.717, 1.165) is 16.6 Å². The Balaban J connectivity index is 2.26. The molecule has 0 fully saturated rings. The first-order valence-electron chi connectivity index (χ1n) is 4.96. The Labute approximate surface area is 87.7 Å². The molecule has 0 saturated carbocycles. The molecule has 2 rings (SSSR count). The second-order valence-electron chi connectivity index (χ2n) is 3.83. The first kappa shape index (κ1) is 9.77. The molecule has 0 aliphatic heterocycles. The van der Waals surface area contributed by atoms with Gasteiger partial charge in [0.25, 0.3) is 0 Å². The number of carboxylic acid groups (broad SMARTS) is 1. The lowest BCUT2D eigenvalue weighted by Crippen LogP contribution is -2.12. The summed E-state index contributed by atoms with van der Waals surface area (Å²) in [6.07, 6.45) is 0.546. The van der Waals surface area contributed by atoms with Crippen molar-refractivity contribution in [2.45, 2.75) is 13.3 Å². The summed E-state index contributed by atoms with van der Waals surface area (Å²) < 4.78 is 0. The molecule has 0 amide bonds. The van der Waals surface area contributed by atoms with Crippen molar-refractivity contribution in [3.8, 4) is 0 Å². The van der Waals surface area contributed by atoms with Gasteiger partial charge in [0.1, 0.15) is 0 Å². The monoisotopic (exact) mass is 203 g/mol. The van der Waals surface area contributed by atoms with Crippen molar-refractivity contribution in [3.05, 3.63) is 36.0 Å². The van der Waals surface area contributed by atoms with Crippen molar-refractivity contribution in [2.75, 3.05) is 0 Å². The molecule has 1 heterocycles. The minimum absolute atomic E-state index is 0.349. The van der Waals surface area contributed by atoms with Gasteiger partial charge in [-0.25, -0.2) is 0 Å². The third-order valence-electron chi connectivity index (χ3n) is 2.53. The summed E-state index contributed by atoms with van der Waals surface area (Å²) in [5.41, 5.74) is 2.04. The van der Waals surface area contributed by atoms with Gasteiger partial charge in [-0.15, -0.1) is 0 Å². The van der Waals surface area contributed by atoms with Crippen LogP contribution in [-0.2, 0) is 11.2 Å². The molecule has 2 aromatic rings.